The Hall–Kier alpha value is -0.800. The predicted molar refractivity (Wildman–Crippen MR) is 81.5 cm³/mol. The van der Waals surface area contributed by atoms with Crippen molar-refractivity contribution in [1.29, 1.82) is 0 Å². The minimum atomic E-state index is 0.836. The van der Waals surface area contributed by atoms with Gasteiger partial charge in [-0.05, 0) is 45.4 Å². The van der Waals surface area contributed by atoms with Crippen molar-refractivity contribution in [3.63, 3.8) is 0 Å². The molecule has 1 fully saturated rings. The van der Waals surface area contributed by atoms with Crippen molar-refractivity contribution < 1.29 is 0 Å². The summed E-state index contributed by atoms with van der Waals surface area (Å²) in [5.41, 5.74) is 4.16. The molecule has 1 heterocycles. The molecule has 0 spiro atoms. The van der Waals surface area contributed by atoms with E-state index >= 15 is 0 Å². The molecule has 1 aliphatic rings. The zero-order valence-electron chi connectivity index (χ0n) is 13.0. The Morgan fingerprint density at radius 3 is 2.58 bits per heavy atom. The molecule has 108 valence electrons. The summed E-state index contributed by atoms with van der Waals surface area (Å²) in [6, 6.07) is 3.13. The van der Waals surface area contributed by atoms with Crippen LogP contribution in [0.5, 0.6) is 0 Å². The van der Waals surface area contributed by atoms with Crippen LogP contribution in [-0.2, 0) is 13.6 Å². The fourth-order valence-corrected chi connectivity index (χ4v) is 3.12. The van der Waals surface area contributed by atoms with Gasteiger partial charge in [-0.1, -0.05) is 12.8 Å². The van der Waals surface area contributed by atoms with Gasteiger partial charge in [0.15, 0.2) is 0 Å². The lowest BCUT2D eigenvalue weighted by molar-refractivity contribution is 0.245. The lowest BCUT2D eigenvalue weighted by Crippen LogP contribution is -2.35. The maximum Gasteiger partial charge on any atom is 0.0223 e. The molecular weight excluding hydrogens is 234 g/mol. The van der Waals surface area contributed by atoms with Crippen LogP contribution < -0.4 is 5.32 Å². The van der Waals surface area contributed by atoms with E-state index in [9.17, 15) is 0 Å². The zero-order chi connectivity index (χ0) is 13.8. The highest BCUT2D eigenvalue weighted by Gasteiger charge is 2.18. The van der Waals surface area contributed by atoms with Crippen LogP contribution in [0.1, 0.15) is 42.6 Å². The highest BCUT2D eigenvalue weighted by Crippen LogP contribution is 2.21. The summed E-state index contributed by atoms with van der Waals surface area (Å²) in [5, 5.41) is 3.58. The summed E-state index contributed by atoms with van der Waals surface area (Å²) in [7, 11) is 4.41. The van der Waals surface area contributed by atoms with Gasteiger partial charge < -0.3 is 14.8 Å². The van der Waals surface area contributed by atoms with Gasteiger partial charge in [-0.15, -0.1) is 0 Å². The van der Waals surface area contributed by atoms with E-state index in [1.165, 1.54) is 42.6 Å². The van der Waals surface area contributed by atoms with E-state index in [1.807, 2.05) is 0 Å². The van der Waals surface area contributed by atoms with Crippen LogP contribution in [0.4, 0.5) is 0 Å². The molecule has 0 atom stereocenters. The van der Waals surface area contributed by atoms with Crippen molar-refractivity contribution in [3.8, 4) is 0 Å². The van der Waals surface area contributed by atoms with E-state index < -0.39 is 0 Å². The van der Waals surface area contributed by atoms with Crippen molar-refractivity contribution in [2.45, 2.75) is 52.1 Å². The highest BCUT2D eigenvalue weighted by molar-refractivity contribution is 5.26. The smallest absolute Gasteiger partial charge is 0.0223 e. The van der Waals surface area contributed by atoms with Crippen LogP contribution in [0, 0.1) is 13.8 Å². The molecule has 2 rings (SSSR count). The molecular formula is C16H29N3. The molecule has 3 nitrogen and oxygen atoms in total. The third-order valence-corrected chi connectivity index (χ3v) is 4.78. The molecule has 3 heteroatoms. The first-order chi connectivity index (χ1) is 9.09. The Bertz CT molecular complexity index is 402. The SMILES string of the molecule is Cc1cc(CNCCN(C)C2CCCC2)c(C)n1C. The van der Waals surface area contributed by atoms with Gasteiger partial charge in [0.2, 0.25) is 0 Å². The van der Waals surface area contributed by atoms with Crippen molar-refractivity contribution in [1.82, 2.24) is 14.8 Å². The molecule has 0 saturated heterocycles. The minimum Gasteiger partial charge on any atom is -0.352 e. The maximum absolute atomic E-state index is 3.58. The Labute approximate surface area is 118 Å². The molecule has 1 saturated carbocycles. The van der Waals surface area contributed by atoms with Crippen LogP contribution in [0.15, 0.2) is 6.07 Å². The van der Waals surface area contributed by atoms with Crippen LogP contribution >= 0.6 is 0 Å². The van der Waals surface area contributed by atoms with Gasteiger partial charge in [0.1, 0.15) is 0 Å². The second-order valence-electron chi connectivity index (χ2n) is 6.05. The first kappa shape index (κ1) is 14.6. The van der Waals surface area contributed by atoms with Crippen molar-refractivity contribution >= 4 is 0 Å². The summed E-state index contributed by atoms with van der Waals surface area (Å²) in [5.74, 6) is 0. The number of hydrogen-bond donors (Lipinski definition) is 1. The minimum absolute atomic E-state index is 0.836. The van der Waals surface area contributed by atoms with Crippen molar-refractivity contribution in [2.24, 2.45) is 7.05 Å². The van der Waals surface area contributed by atoms with Gasteiger partial charge >= 0.3 is 0 Å². The molecule has 0 radical (unpaired) electrons. The van der Waals surface area contributed by atoms with Gasteiger partial charge in [-0.25, -0.2) is 0 Å². The number of aryl methyl sites for hydroxylation is 1. The quantitative estimate of drug-likeness (QED) is 0.796. The van der Waals surface area contributed by atoms with Crippen molar-refractivity contribution in [2.75, 3.05) is 20.1 Å². The van der Waals surface area contributed by atoms with Crippen LogP contribution in [0.2, 0.25) is 0 Å². The second-order valence-corrected chi connectivity index (χ2v) is 6.05. The fourth-order valence-electron chi connectivity index (χ4n) is 3.12. The second kappa shape index (κ2) is 6.58. The average Bonchev–Trinajstić information content (AvgIpc) is 3.00. The molecule has 1 aliphatic carbocycles. The molecule has 0 amide bonds. The maximum atomic E-state index is 3.58. The summed E-state index contributed by atoms with van der Waals surface area (Å²) in [6.07, 6.45) is 5.64. The summed E-state index contributed by atoms with van der Waals surface area (Å²) < 4.78 is 2.27. The lowest BCUT2D eigenvalue weighted by atomic mass is 10.2. The largest absolute Gasteiger partial charge is 0.352 e. The zero-order valence-corrected chi connectivity index (χ0v) is 13.0. The average molecular weight is 263 g/mol. The van der Waals surface area contributed by atoms with Crippen LogP contribution in [0.25, 0.3) is 0 Å². The molecule has 0 aromatic carbocycles. The van der Waals surface area contributed by atoms with Gasteiger partial charge in [-0.2, -0.15) is 0 Å². The fraction of sp³-hybridized carbons (Fsp3) is 0.750. The van der Waals surface area contributed by atoms with Crippen LogP contribution in [0.3, 0.4) is 0 Å². The first-order valence-electron chi connectivity index (χ1n) is 7.62. The number of nitrogens with zero attached hydrogens (tertiary/aromatic N) is 2. The number of rotatable bonds is 6. The Kier molecular flexibility index (Phi) is 5.06. The molecule has 1 N–H and O–H groups in total. The van der Waals surface area contributed by atoms with E-state index in [1.54, 1.807) is 0 Å². The Morgan fingerprint density at radius 1 is 1.32 bits per heavy atom. The standard InChI is InChI=1S/C16H29N3/c1-13-11-15(14(2)19(13)4)12-17-9-10-18(3)16-7-5-6-8-16/h11,16-17H,5-10,12H2,1-4H3. The monoisotopic (exact) mass is 263 g/mol. The molecule has 1 aromatic rings. The Balaban J connectivity index is 1.70. The highest BCUT2D eigenvalue weighted by atomic mass is 15.1. The normalized spacial score (nSPS) is 16.7. The van der Waals surface area contributed by atoms with E-state index in [0.29, 0.717) is 0 Å². The van der Waals surface area contributed by atoms with Crippen LogP contribution in [-0.4, -0.2) is 35.6 Å². The number of aromatic nitrogens is 1. The van der Waals surface area contributed by atoms with Gasteiger partial charge in [0.25, 0.3) is 0 Å². The van der Waals surface area contributed by atoms with Crippen molar-refractivity contribution in [3.05, 3.63) is 23.0 Å². The molecule has 1 aromatic heterocycles. The topological polar surface area (TPSA) is 20.2 Å². The molecule has 0 bridgehead atoms. The molecule has 0 aliphatic heterocycles. The number of hydrogen-bond acceptors (Lipinski definition) is 2. The molecule has 0 unspecified atom stereocenters. The summed E-state index contributed by atoms with van der Waals surface area (Å²) in [6.45, 7) is 7.61. The van der Waals surface area contributed by atoms with Gasteiger partial charge in [0.05, 0.1) is 0 Å². The van der Waals surface area contributed by atoms with E-state index in [4.69, 9.17) is 0 Å². The van der Waals surface area contributed by atoms with E-state index in [2.05, 4.69) is 48.8 Å². The van der Waals surface area contributed by atoms with Gasteiger partial charge in [0, 0.05) is 44.1 Å². The predicted octanol–water partition coefficient (Wildman–Crippen LogP) is 2.61. The third-order valence-electron chi connectivity index (χ3n) is 4.78. The van der Waals surface area contributed by atoms with Gasteiger partial charge in [-0.3, -0.25) is 0 Å². The summed E-state index contributed by atoms with van der Waals surface area (Å²) in [4.78, 5) is 2.53. The third kappa shape index (κ3) is 3.61. The molecule has 19 heavy (non-hydrogen) atoms. The Morgan fingerprint density at radius 2 is 2.00 bits per heavy atom. The van der Waals surface area contributed by atoms with E-state index in [0.717, 1.165) is 25.7 Å². The van der Waals surface area contributed by atoms with E-state index in [-0.39, 0.29) is 0 Å². The first-order valence-corrected chi connectivity index (χ1v) is 7.62. The lowest BCUT2D eigenvalue weighted by Gasteiger charge is -2.23. The number of nitrogens with one attached hydrogen (secondary N) is 1. The summed E-state index contributed by atoms with van der Waals surface area (Å²) >= 11 is 0. The number of likely N-dealkylation sites (N-methyl/N-ethyl adjacent to an activating group) is 1.